The number of primary amides is 1. The highest BCUT2D eigenvalue weighted by Gasteiger charge is 2.15. The molecule has 1 amide bonds. The van der Waals surface area contributed by atoms with Crippen LogP contribution in [-0.2, 0) is 0 Å². The predicted molar refractivity (Wildman–Crippen MR) is 74.0 cm³/mol. The van der Waals surface area contributed by atoms with Crippen molar-refractivity contribution in [2.45, 2.75) is 26.1 Å². The molecule has 19 heavy (non-hydrogen) atoms. The van der Waals surface area contributed by atoms with Crippen LogP contribution in [0.2, 0.25) is 0 Å². The summed E-state index contributed by atoms with van der Waals surface area (Å²) in [5.74, 6) is -0.240. The molecule has 106 valence electrons. The highest BCUT2D eigenvalue weighted by molar-refractivity contribution is 6.00. The monoisotopic (exact) mass is 267 g/mol. The Morgan fingerprint density at radius 3 is 2.68 bits per heavy atom. The van der Waals surface area contributed by atoms with E-state index in [1.165, 1.54) is 0 Å². The van der Waals surface area contributed by atoms with E-state index in [0.29, 0.717) is 24.5 Å². The molecule has 6 heteroatoms. The van der Waals surface area contributed by atoms with Gasteiger partial charge < -0.3 is 26.6 Å². The fourth-order valence-corrected chi connectivity index (χ4v) is 1.66. The summed E-state index contributed by atoms with van der Waals surface area (Å²) < 4.78 is 5.64. The lowest BCUT2D eigenvalue weighted by Crippen LogP contribution is -2.33. The molecule has 0 aliphatic heterocycles. The normalized spacial score (nSPS) is 13.8. The molecule has 6 N–H and O–H groups in total. The van der Waals surface area contributed by atoms with E-state index in [-0.39, 0.29) is 11.7 Å². The van der Waals surface area contributed by atoms with Crippen LogP contribution in [0.4, 0.5) is 5.69 Å². The Balaban J connectivity index is 2.66. The van der Waals surface area contributed by atoms with Crippen LogP contribution in [0.25, 0.3) is 0 Å². The minimum absolute atomic E-state index is 0.182. The number of nitrogens with one attached hydrogen (secondary N) is 1. The van der Waals surface area contributed by atoms with Gasteiger partial charge in [-0.3, -0.25) is 4.79 Å². The summed E-state index contributed by atoms with van der Waals surface area (Å²) in [6.07, 6.45) is -0.598. The van der Waals surface area contributed by atoms with E-state index in [0.717, 1.165) is 0 Å². The molecule has 0 aromatic heterocycles. The molecule has 2 atom stereocenters. The second kappa shape index (κ2) is 6.96. The number of carbonyl (C=O) groups is 1. The Bertz CT molecular complexity index is 435. The third-order valence-corrected chi connectivity index (χ3v) is 2.50. The molecule has 1 aromatic carbocycles. The van der Waals surface area contributed by atoms with Crippen LogP contribution >= 0.6 is 0 Å². The second-order valence-electron chi connectivity index (χ2n) is 4.52. The zero-order valence-electron chi connectivity index (χ0n) is 11.2. The first-order valence-electron chi connectivity index (χ1n) is 6.15. The number of anilines is 1. The van der Waals surface area contributed by atoms with E-state index >= 15 is 0 Å². The average molecular weight is 267 g/mol. The van der Waals surface area contributed by atoms with Crippen molar-refractivity contribution in [3.05, 3.63) is 23.8 Å². The van der Waals surface area contributed by atoms with Gasteiger partial charge in [-0.15, -0.1) is 0 Å². The minimum atomic E-state index is -0.614. The molecule has 0 aliphatic carbocycles. The number of amides is 1. The van der Waals surface area contributed by atoms with Crippen LogP contribution in [-0.4, -0.2) is 36.3 Å². The van der Waals surface area contributed by atoms with Crippen molar-refractivity contribution >= 4 is 11.6 Å². The summed E-state index contributed by atoms with van der Waals surface area (Å²) in [5, 5.41) is 12.2. The van der Waals surface area contributed by atoms with Crippen LogP contribution in [0.1, 0.15) is 24.2 Å². The van der Waals surface area contributed by atoms with Gasteiger partial charge in [0, 0.05) is 18.8 Å². The summed E-state index contributed by atoms with van der Waals surface area (Å²) >= 11 is 0. The number of carbonyl (C=O) groups excluding carboxylic acids is 1. The van der Waals surface area contributed by atoms with E-state index in [9.17, 15) is 4.79 Å². The van der Waals surface area contributed by atoms with Gasteiger partial charge in [-0.2, -0.15) is 0 Å². The van der Waals surface area contributed by atoms with E-state index in [1.54, 1.807) is 25.1 Å². The van der Waals surface area contributed by atoms with Crippen LogP contribution in [0.5, 0.6) is 5.75 Å². The Morgan fingerprint density at radius 2 is 2.11 bits per heavy atom. The summed E-state index contributed by atoms with van der Waals surface area (Å²) in [7, 11) is 0. The molecule has 0 bridgehead atoms. The summed E-state index contributed by atoms with van der Waals surface area (Å²) in [4.78, 5) is 11.3. The van der Waals surface area contributed by atoms with Crippen LogP contribution in [0.15, 0.2) is 18.2 Å². The van der Waals surface area contributed by atoms with E-state index in [2.05, 4.69) is 5.32 Å². The van der Waals surface area contributed by atoms with Gasteiger partial charge in [0.2, 0.25) is 0 Å². The summed E-state index contributed by atoms with van der Waals surface area (Å²) in [6.45, 7) is 4.57. The minimum Gasteiger partial charge on any atom is -0.488 e. The van der Waals surface area contributed by atoms with Crippen molar-refractivity contribution in [3.8, 4) is 5.75 Å². The summed E-state index contributed by atoms with van der Waals surface area (Å²) in [5.41, 5.74) is 11.5. The number of ether oxygens (including phenoxy) is 1. The number of aliphatic hydroxyl groups excluding tert-OH is 1. The van der Waals surface area contributed by atoms with Gasteiger partial charge >= 0.3 is 0 Å². The van der Waals surface area contributed by atoms with Crippen molar-refractivity contribution in [3.63, 3.8) is 0 Å². The number of rotatable bonds is 7. The molecule has 2 unspecified atom stereocenters. The van der Waals surface area contributed by atoms with Gasteiger partial charge in [-0.25, -0.2) is 0 Å². The number of nitrogens with two attached hydrogens (primary N) is 2. The van der Waals surface area contributed by atoms with E-state index in [1.807, 2.05) is 6.92 Å². The molecule has 1 aromatic rings. The first kappa shape index (κ1) is 15.3. The molecule has 0 aliphatic rings. The van der Waals surface area contributed by atoms with Gasteiger partial charge in [0.15, 0.2) is 0 Å². The van der Waals surface area contributed by atoms with Crippen LogP contribution < -0.4 is 21.5 Å². The van der Waals surface area contributed by atoms with Crippen molar-refractivity contribution < 1.29 is 14.6 Å². The number of aliphatic hydroxyl groups is 1. The largest absolute Gasteiger partial charge is 0.488 e. The highest BCUT2D eigenvalue weighted by Crippen LogP contribution is 2.24. The van der Waals surface area contributed by atoms with Crippen molar-refractivity contribution in [2.24, 2.45) is 5.73 Å². The molecular formula is C13H21N3O3. The van der Waals surface area contributed by atoms with Crippen molar-refractivity contribution in [1.82, 2.24) is 5.32 Å². The quantitative estimate of drug-likeness (QED) is 0.524. The molecule has 0 saturated heterocycles. The van der Waals surface area contributed by atoms with E-state index in [4.69, 9.17) is 21.3 Å². The maximum atomic E-state index is 11.3. The first-order chi connectivity index (χ1) is 8.91. The molecule has 1 rings (SSSR count). The topological polar surface area (TPSA) is 111 Å². The maximum Gasteiger partial charge on any atom is 0.254 e. The van der Waals surface area contributed by atoms with Crippen LogP contribution in [0.3, 0.4) is 0 Å². The lowest BCUT2D eigenvalue weighted by atomic mass is 10.1. The van der Waals surface area contributed by atoms with Crippen molar-refractivity contribution in [2.75, 3.05) is 18.8 Å². The molecule has 0 heterocycles. The SMILES string of the molecule is CC(O)CNCC(C)Oc1cccc(N)c1C(N)=O. The zero-order valence-corrected chi connectivity index (χ0v) is 11.2. The Hall–Kier alpha value is -1.79. The fourth-order valence-electron chi connectivity index (χ4n) is 1.66. The van der Waals surface area contributed by atoms with Crippen molar-refractivity contribution in [1.29, 1.82) is 0 Å². The first-order valence-corrected chi connectivity index (χ1v) is 6.15. The third-order valence-electron chi connectivity index (χ3n) is 2.50. The maximum absolute atomic E-state index is 11.3. The van der Waals surface area contributed by atoms with Crippen LogP contribution in [0, 0.1) is 0 Å². The Kier molecular flexibility index (Phi) is 5.59. The highest BCUT2D eigenvalue weighted by atomic mass is 16.5. The number of hydrogen-bond donors (Lipinski definition) is 4. The average Bonchev–Trinajstić information content (AvgIpc) is 2.27. The number of benzene rings is 1. The standard InChI is InChI=1S/C13H21N3O3/c1-8(17)6-16-7-9(2)19-11-5-3-4-10(14)12(11)13(15)18/h3-5,8-9,16-17H,6-7,14H2,1-2H3,(H2,15,18). The van der Waals surface area contributed by atoms with Gasteiger partial charge in [0.25, 0.3) is 5.91 Å². The number of nitrogen functional groups attached to an aromatic ring is 1. The second-order valence-corrected chi connectivity index (χ2v) is 4.52. The zero-order chi connectivity index (χ0) is 14.4. The molecule has 0 fully saturated rings. The van der Waals surface area contributed by atoms with Gasteiger partial charge in [-0.1, -0.05) is 6.07 Å². The van der Waals surface area contributed by atoms with Gasteiger partial charge in [0.1, 0.15) is 17.4 Å². The lowest BCUT2D eigenvalue weighted by Gasteiger charge is -2.18. The lowest BCUT2D eigenvalue weighted by molar-refractivity contribution is 0.0994. The number of hydrogen-bond acceptors (Lipinski definition) is 5. The summed E-state index contributed by atoms with van der Waals surface area (Å²) in [6, 6.07) is 4.96. The third kappa shape index (κ3) is 4.76. The smallest absolute Gasteiger partial charge is 0.254 e. The predicted octanol–water partition coefficient (Wildman–Crippen LogP) is 0.105. The fraction of sp³-hybridized carbons (Fsp3) is 0.462. The molecular weight excluding hydrogens is 246 g/mol. The molecule has 0 saturated carbocycles. The molecule has 6 nitrogen and oxygen atoms in total. The van der Waals surface area contributed by atoms with Gasteiger partial charge in [0.05, 0.1) is 6.10 Å². The Labute approximate surface area is 112 Å². The molecule has 0 radical (unpaired) electrons. The Morgan fingerprint density at radius 1 is 1.42 bits per heavy atom. The molecule has 0 spiro atoms. The van der Waals surface area contributed by atoms with Gasteiger partial charge in [-0.05, 0) is 26.0 Å². The van der Waals surface area contributed by atoms with E-state index < -0.39 is 12.0 Å².